The Morgan fingerprint density at radius 2 is 1.95 bits per heavy atom. The van der Waals surface area contributed by atoms with Gasteiger partial charge < -0.3 is 5.73 Å². The molecule has 0 saturated carbocycles. The Balaban J connectivity index is 2.64. The average molecular weight is 298 g/mol. The van der Waals surface area contributed by atoms with Crippen LogP contribution in [-0.2, 0) is 0 Å². The van der Waals surface area contributed by atoms with Gasteiger partial charge in [0.25, 0.3) is 0 Å². The van der Waals surface area contributed by atoms with Crippen LogP contribution in [0.4, 0.5) is 0 Å². The summed E-state index contributed by atoms with van der Waals surface area (Å²) < 4.78 is 1.63. The van der Waals surface area contributed by atoms with Gasteiger partial charge in [0.15, 0.2) is 0 Å². The largest absolute Gasteiger partial charge is 0.323 e. The summed E-state index contributed by atoms with van der Waals surface area (Å²) in [5.74, 6) is 0. The fourth-order valence-corrected chi connectivity index (χ4v) is 2.05. The topological polar surface area (TPSA) is 60.9 Å². The van der Waals surface area contributed by atoms with Gasteiger partial charge in [0.1, 0.15) is 5.69 Å². The van der Waals surface area contributed by atoms with Gasteiger partial charge in [0.2, 0.25) is 5.43 Å². The summed E-state index contributed by atoms with van der Waals surface area (Å²) in [6.45, 7) is 3.51. The first kappa shape index (κ1) is 14.1. The Morgan fingerprint density at radius 1 is 1.26 bits per heavy atom. The van der Waals surface area contributed by atoms with Crippen molar-refractivity contribution in [2.75, 3.05) is 0 Å². The second-order valence-electron chi connectivity index (χ2n) is 4.33. The number of aromatic nitrogens is 2. The molecule has 1 atom stereocenters. The number of rotatable bonds is 2. The summed E-state index contributed by atoms with van der Waals surface area (Å²) in [4.78, 5) is 11.8. The zero-order valence-corrected chi connectivity index (χ0v) is 12.0. The van der Waals surface area contributed by atoms with Crippen molar-refractivity contribution in [3.63, 3.8) is 0 Å². The number of hydrogen-bond donors (Lipinski definition) is 1. The lowest BCUT2D eigenvalue weighted by molar-refractivity contribution is 0.687. The van der Waals surface area contributed by atoms with Gasteiger partial charge in [-0.1, -0.05) is 23.2 Å². The number of nitrogens with zero attached hydrogens (tertiary/aromatic N) is 2. The first-order chi connectivity index (χ1) is 8.90. The Bertz CT molecular complexity index is 680. The van der Waals surface area contributed by atoms with Crippen LogP contribution in [0.3, 0.4) is 0 Å². The number of aryl methyl sites for hydroxylation is 1. The quantitative estimate of drug-likeness (QED) is 0.927. The van der Waals surface area contributed by atoms with E-state index in [1.807, 2.05) is 0 Å². The molecule has 6 heteroatoms. The van der Waals surface area contributed by atoms with E-state index in [9.17, 15) is 4.79 Å². The molecule has 4 nitrogen and oxygen atoms in total. The Kier molecular flexibility index (Phi) is 3.94. The Hall–Kier alpha value is -1.36. The van der Waals surface area contributed by atoms with Crippen molar-refractivity contribution in [3.05, 3.63) is 55.9 Å². The second kappa shape index (κ2) is 5.33. The molecular formula is C13H13Cl2N3O. The van der Waals surface area contributed by atoms with Crippen LogP contribution in [0.2, 0.25) is 10.0 Å². The highest BCUT2D eigenvalue weighted by molar-refractivity contribution is 6.42. The molecule has 1 unspecified atom stereocenters. The molecule has 0 fully saturated rings. The fourth-order valence-electron chi connectivity index (χ4n) is 1.75. The fraction of sp³-hybridized carbons (Fsp3) is 0.231. The second-order valence-corrected chi connectivity index (χ2v) is 5.15. The molecule has 2 N–H and O–H groups in total. The molecule has 0 amide bonds. The first-order valence-electron chi connectivity index (χ1n) is 5.72. The predicted molar refractivity (Wildman–Crippen MR) is 77.2 cm³/mol. The Morgan fingerprint density at radius 3 is 2.53 bits per heavy atom. The van der Waals surface area contributed by atoms with Crippen LogP contribution in [0.5, 0.6) is 0 Å². The lowest BCUT2D eigenvalue weighted by Crippen LogP contribution is -2.24. The molecule has 19 heavy (non-hydrogen) atoms. The predicted octanol–water partition coefficient (Wildman–Crippen LogP) is 2.87. The average Bonchev–Trinajstić information content (AvgIpc) is 2.32. The van der Waals surface area contributed by atoms with Crippen molar-refractivity contribution in [1.82, 2.24) is 9.78 Å². The van der Waals surface area contributed by atoms with Crippen molar-refractivity contribution < 1.29 is 0 Å². The third kappa shape index (κ3) is 2.81. The summed E-state index contributed by atoms with van der Waals surface area (Å²) in [5.41, 5.74) is 7.33. The molecule has 1 heterocycles. The van der Waals surface area contributed by atoms with Crippen LogP contribution in [-0.4, -0.2) is 9.78 Å². The zero-order chi connectivity index (χ0) is 14.2. The van der Waals surface area contributed by atoms with Crippen molar-refractivity contribution in [2.24, 2.45) is 5.73 Å². The van der Waals surface area contributed by atoms with E-state index in [0.29, 0.717) is 21.4 Å². The van der Waals surface area contributed by atoms with Crippen molar-refractivity contribution in [2.45, 2.75) is 19.9 Å². The summed E-state index contributed by atoms with van der Waals surface area (Å²) in [7, 11) is 0. The van der Waals surface area contributed by atoms with E-state index in [1.54, 1.807) is 36.7 Å². The minimum atomic E-state index is -0.429. The van der Waals surface area contributed by atoms with Crippen LogP contribution < -0.4 is 11.2 Å². The van der Waals surface area contributed by atoms with Gasteiger partial charge in [0.05, 0.1) is 15.7 Å². The standard InChI is InChI=1S/C13H13Cl2N3O/c1-7-5-12(19)13(8(2)16)17-18(7)9-3-4-10(14)11(15)6-9/h3-6,8H,16H2,1-2H3. The van der Waals surface area contributed by atoms with Crippen LogP contribution in [0.1, 0.15) is 24.4 Å². The summed E-state index contributed by atoms with van der Waals surface area (Å²) >= 11 is 11.9. The van der Waals surface area contributed by atoms with Crippen LogP contribution in [0.15, 0.2) is 29.1 Å². The van der Waals surface area contributed by atoms with Crippen molar-refractivity contribution >= 4 is 23.2 Å². The van der Waals surface area contributed by atoms with E-state index in [4.69, 9.17) is 28.9 Å². The SMILES string of the molecule is Cc1cc(=O)c(C(C)N)nn1-c1ccc(Cl)c(Cl)c1. The van der Waals surface area contributed by atoms with Gasteiger partial charge in [-0.05, 0) is 32.0 Å². The number of benzene rings is 1. The molecule has 0 bridgehead atoms. The highest BCUT2D eigenvalue weighted by Crippen LogP contribution is 2.24. The maximum Gasteiger partial charge on any atom is 0.205 e. The molecule has 0 radical (unpaired) electrons. The molecule has 0 aliphatic rings. The van der Waals surface area contributed by atoms with E-state index in [0.717, 1.165) is 5.69 Å². The van der Waals surface area contributed by atoms with Gasteiger partial charge in [-0.2, -0.15) is 5.10 Å². The van der Waals surface area contributed by atoms with Gasteiger partial charge in [-0.3, -0.25) is 4.79 Å². The number of halogens is 2. The molecule has 1 aromatic heterocycles. The van der Waals surface area contributed by atoms with E-state index >= 15 is 0 Å². The molecule has 0 aliphatic heterocycles. The summed E-state index contributed by atoms with van der Waals surface area (Å²) in [5, 5.41) is 5.19. The monoisotopic (exact) mass is 297 g/mol. The molecule has 0 spiro atoms. The number of hydrogen-bond acceptors (Lipinski definition) is 3. The smallest absolute Gasteiger partial charge is 0.205 e. The van der Waals surface area contributed by atoms with Crippen molar-refractivity contribution in [1.29, 1.82) is 0 Å². The molecule has 100 valence electrons. The molecule has 1 aromatic carbocycles. The molecule has 0 aliphatic carbocycles. The Labute approximate surface area is 120 Å². The summed E-state index contributed by atoms with van der Waals surface area (Å²) in [6.07, 6.45) is 0. The lowest BCUT2D eigenvalue weighted by atomic mass is 10.2. The minimum Gasteiger partial charge on any atom is -0.323 e. The number of nitrogens with two attached hydrogens (primary N) is 1. The molecule has 2 rings (SSSR count). The van der Waals surface area contributed by atoms with E-state index < -0.39 is 6.04 Å². The van der Waals surface area contributed by atoms with Gasteiger partial charge in [-0.25, -0.2) is 4.68 Å². The maximum atomic E-state index is 11.8. The minimum absolute atomic E-state index is 0.163. The highest BCUT2D eigenvalue weighted by atomic mass is 35.5. The highest BCUT2D eigenvalue weighted by Gasteiger charge is 2.11. The van der Waals surface area contributed by atoms with E-state index in [1.165, 1.54) is 6.07 Å². The van der Waals surface area contributed by atoms with Gasteiger partial charge in [-0.15, -0.1) is 0 Å². The summed E-state index contributed by atoms with van der Waals surface area (Å²) in [6, 6.07) is 6.24. The van der Waals surface area contributed by atoms with Crippen molar-refractivity contribution in [3.8, 4) is 5.69 Å². The lowest BCUT2D eigenvalue weighted by Gasteiger charge is -2.13. The van der Waals surface area contributed by atoms with Crippen LogP contribution >= 0.6 is 23.2 Å². The zero-order valence-electron chi connectivity index (χ0n) is 10.5. The third-order valence-corrected chi connectivity index (χ3v) is 3.45. The molecular weight excluding hydrogens is 285 g/mol. The molecule has 0 saturated heterocycles. The maximum absolute atomic E-state index is 11.8. The van der Waals surface area contributed by atoms with E-state index in [-0.39, 0.29) is 5.43 Å². The van der Waals surface area contributed by atoms with Gasteiger partial charge in [0, 0.05) is 17.8 Å². The normalized spacial score (nSPS) is 12.5. The van der Waals surface area contributed by atoms with Crippen LogP contribution in [0.25, 0.3) is 5.69 Å². The third-order valence-electron chi connectivity index (χ3n) is 2.71. The van der Waals surface area contributed by atoms with Gasteiger partial charge >= 0.3 is 0 Å². The molecule has 2 aromatic rings. The van der Waals surface area contributed by atoms with Crippen LogP contribution in [0, 0.1) is 6.92 Å². The first-order valence-corrected chi connectivity index (χ1v) is 6.47. The van der Waals surface area contributed by atoms with E-state index in [2.05, 4.69) is 5.10 Å².